The first-order valence-electron chi connectivity index (χ1n) is 10.2. The second-order valence-electron chi connectivity index (χ2n) is 8.24. The van der Waals surface area contributed by atoms with E-state index in [1.165, 1.54) is 0 Å². The average molecular weight is 380 g/mol. The Bertz CT molecular complexity index is 834. The first-order chi connectivity index (χ1) is 13.5. The highest BCUT2D eigenvalue weighted by atomic mass is 16.3. The summed E-state index contributed by atoms with van der Waals surface area (Å²) in [7, 11) is 0. The van der Waals surface area contributed by atoms with E-state index < -0.39 is 0 Å². The SMILES string of the molecule is Cc1cc(C)cc(C(=O)N2CCC[C@@H](C(=O)N(Cc3ccco3)C3CC3)C2)c1. The molecule has 0 unspecified atom stereocenters. The van der Waals surface area contributed by atoms with Crippen molar-refractivity contribution < 1.29 is 14.0 Å². The zero-order chi connectivity index (χ0) is 19.7. The largest absolute Gasteiger partial charge is 0.467 e. The van der Waals surface area contributed by atoms with Crippen LogP contribution in [0, 0.1) is 19.8 Å². The van der Waals surface area contributed by atoms with E-state index in [1.807, 2.05) is 47.9 Å². The molecule has 0 N–H and O–H groups in total. The van der Waals surface area contributed by atoms with Gasteiger partial charge >= 0.3 is 0 Å². The van der Waals surface area contributed by atoms with Gasteiger partial charge in [-0.3, -0.25) is 9.59 Å². The van der Waals surface area contributed by atoms with Crippen LogP contribution in [0.2, 0.25) is 0 Å². The van der Waals surface area contributed by atoms with Crippen LogP contribution in [0.15, 0.2) is 41.0 Å². The van der Waals surface area contributed by atoms with Crippen LogP contribution in [-0.4, -0.2) is 40.7 Å². The first kappa shape index (κ1) is 18.8. The number of carbonyl (C=O) groups is 2. The monoisotopic (exact) mass is 380 g/mol. The van der Waals surface area contributed by atoms with Gasteiger partial charge in [-0.2, -0.15) is 0 Å². The van der Waals surface area contributed by atoms with E-state index in [-0.39, 0.29) is 17.7 Å². The molecule has 4 rings (SSSR count). The molecule has 1 aromatic heterocycles. The van der Waals surface area contributed by atoms with Crippen molar-refractivity contribution in [3.8, 4) is 0 Å². The average Bonchev–Trinajstić information content (AvgIpc) is 3.40. The molecule has 1 atom stereocenters. The molecule has 2 heterocycles. The molecule has 28 heavy (non-hydrogen) atoms. The molecule has 1 aliphatic carbocycles. The van der Waals surface area contributed by atoms with Crippen LogP contribution >= 0.6 is 0 Å². The van der Waals surface area contributed by atoms with Gasteiger partial charge in [-0.1, -0.05) is 17.2 Å². The number of likely N-dealkylation sites (tertiary alicyclic amines) is 1. The minimum absolute atomic E-state index is 0.0355. The van der Waals surface area contributed by atoms with Gasteiger partial charge in [0.1, 0.15) is 5.76 Å². The summed E-state index contributed by atoms with van der Waals surface area (Å²) >= 11 is 0. The summed E-state index contributed by atoms with van der Waals surface area (Å²) in [6.45, 7) is 5.77. The Hall–Kier alpha value is -2.56. The molecule has 2 aliphatic rings. The lowest BCUT2D eigenvalue weighted by atomic mass is 9.95. The third-order valence-corrected chi connectivity index (χ3v) is 5.70. The van der Waals surface area contributed by atoms with Crippen LogP contribution < -0.4 is 0 Å². The predicted molar refractivity (Wildman–Crippen MR) is 107 cm³/mol. The van der Waals surface area contributed by atoms with E-state index in [4.69, 9.17) is 4.42 Å². The summed E-state index contributed by atoms with van der Waals surface area (Å²) < 4.78 is 5.46. The molecule has 148 valence electrons. The maximum atomic E-state index is 13.3. The molecule has 1 saturated heterocycles. The number of carbonyl (C=O) groups excluding carboxylic acids is 2. The third-order valence-electron chi connectivity index (χ3n) is 5.70. The highest BCUT2D eigenvalue weighted by Gasteiger charge is 2.38. The van der Waals surface area contributed by atoms with Crippen molar-refractivity contribution in [3.63, 3.8) is 0 Å². The Morgan fingerprint density at radius 2 is 1.89 bits per heavy atom. The smallest absolute Gasteiger partial charge is 0.253 e. The van der Waals surface area contributed by atoms with E-state index in [0.29, 0.717) is 19.1 Å². The van der Waals surface area contributed by atoms with Gasteiger partial charge in [0.2, 0.25) is 5.91 Å². The van der Waals surface area contributed by atoms with Crippen molar-refractivity contribution in [1.29, 1.82) is 0 Å². The number of furan rings is 1. The van der Waals surface area contributed by atoms with Gasteiger partial charge in [0, 0.05) is 24.7 Å². The summed E-state index contributed by atoms with van der Waals surface area (Å²) in [6.07, 6.45) is 5.48. The molecular formula is C23H28N2O3. The van der Waals surface area contributed by atoms with Gasteiger partial charge in [-0.25, -0.2) is 0 Å². The van der Waals surface area contributed by atoms with Crippen molar-refractivity contribution in [2.75, 3.05) is 13.1 Å². The molecule has 5 nitrogen and oxygen atoms in total. The highest BCUT2D eigenvalue weighted by Crippen LogP contribution is 2.32. The molecule has 1 aliphatic heterocycles. The predicted octanol–water partition coefficient (Wildman–Crippen LogP) is 3.94. The van der Waals surface area contributed by atoms with Crippen molar-refractivity contribution in [3.05, 3.63) is 59.0 Å². The fourth-order valence-electron chi connectivity index (χ4n) is 4.22. The molecule has 0 bridgehead atoms. The van der Waals surface area contributed by atoms with Gasteiger partial charge in [0.25, 0.3) is 5.91 Å². The Balaban J connectivity index is 1.46. The number of nitrogens with zero attached hydrogens (tertiary/aromatic N) is 2. The number of amides is 2. The van der Waals surface area contributed by atoms with Crippen LogP contribution in [0.25, 0.3) is 0 Å². The van der Waals surface area contributed by atoms with Gasteiger partial charge in [-0.05, 0) is 63.8 Å². The van der Waals surface area contributed by atoms with Crippen molar-refractivity contribution >= 4 is 11.8 Å². The van der Waals surface area contributed by atoms with Crippen molar-refractivity contribution in [2.45, 2.75) is 52.1 Å². The Labute approximate surface area is 166 Å². The minimum Gasteiger partial charge on any atom is -0.467 e. The second kappa shape index (κ2) is 7.82. The van der Waals surface area contributed by atoms with E-state index in [0.717, 1.165) is 54.7 Å². The van der Waals surface area contributed by atoms with Crippen molar-refractivity contribution in [1.82, 2.24) is 9.80 Å². The van der Waals surface area contributed by atoms with Crippen LogP contribution in [0.4, 0.5) is 0 Å². The number of hydrogen-bond donors (Lipinski definition) is 0. The number of hydrogen-bond acceptors (Lipinski definition) is 3. The number of piperidine rings is 1. The fourth-order valence-corrected chi connectivity index (χ4v) is 4.22. The van der Waals surface area contributed by atoms with E-state index in [2.05, 4.69) is 6.07 Å². The quantitative estimate of drug-likeness (QED) is 0.789. The third kappa shape index (κ3) is 4.13. The van der Waals surface area contributed by atoms with E-state index >= 15 is 0 Å². The molecule has 2 fully saturated rings. The lowest BCUT2D eigenvalue weighted by Gasteiger charge is -2.35. The molecule has 1 saturated carbocycles. The van der Waals surface area contributed by atoms with Crippen LogP contribution in [0.5, 0.6) is 0 Å². The topological polar surface area (TPSA) is 53.8 Å². The molecule has 2 aromatic rings. The molecule has 2 amide bonds. The van der Waals surface area contributed by atoms with Crippen LogP contribution in [0.1, 0.15) is 52.9 Å². The van der Waals surface area contributed by atoms with Gasteiger partial charge in [0.15, 0.2) is 0 Å². The lowest BCUT2D eigenvalue weighted by molar-refractivity contribution is -0.138. The molecule has 0 spiro atoms. The Morgan fingerprint density at radius 1 is 1.14 bits per heavy atom. The summed E-state index contributed by atoms with van der Waals surface area (Å²) in [6, 6.07) is 10.0. The zero-order valence-electron chi connectivity index (χ0n) is 16.7. The second-order valence-corrected chi connectivity index (χ2v) is 8.24. The lowest BCUT2D eigenvalue weighted by Crippen LogP contribution is -2.47. The van der Waals surface area contributed by atoms with Crippen molar-refractivity contribution in [2.24, 2.45) is 5.92 Å². The Kier molecular flexibility index (Phi) is 5.25. The first-order valence-corrected chi connectivity index (χ1v) is 10.2. The molecule has 5 heteroatoms. The minimum atomic E-state index is -0.126. The highest BCUT2D eigenvalue weighted by molar-refractivity contribution is 5.95. The molecule has 1 aromatic carbocycles. The zero-order valence-corrected chi connectivity index (χ0v) is 16.7. The van der Waals surface area contributed by atoms with Crippen LogP contribution in [-0.2, 0) is 11.3 Å². The molecular weight excluding hydrogens is 352 g/mol. The van der Waals surface area contributed by atoms with Gasteiger partial charge < -0.3 is 14.2 Å². The number of benzene rings is 1. The van der Waals surface area contributed by atoms with E-state index in [1.54, 1.807) is 6.26 Å². The summed E-state index contributed by atoms with van der Waals surface area (Å²) in [5.41, 5.74) is 2.90. The normalized spacial score (nSPS) is 19.5. The van der Waals surface area contributed by atoms with Gasteiger partial charge in [0.05, 0.1) is 18.7 Å². The Morgan fingerprint density at radius 3 is 2.54 bits per heavy atom. The summed E-state index contributed by atoms with van der Waals surface area (Å²) in [5.74, 6) is 0.892. The maximum Gasteiger partial charge on any atom is 0.253 e. The molecule has 0 radical (unpaired) electrons. The van der Waals surface area contributed by atoms with E-state index in [9.17, 15) is 9.59 Å². The number of rotatable bonds is 5. The van der Waals surface area contributed by atoms with Crippen LogP contribution in [0.3, 0.4) is 0 Å². The van der Waals surface area contributed by atoms with Gasteiger partial charge in [-0.15, -0.1) is 0 Å². The summed E-state index contributed by atoms with van der Waals surface area (Å²) in [5, 5.41) is 0. The standard InChI is InChI=1S/C23H28N2O3/c1-16-11-17(2)13-19(12-16)22(26)24-9-3-5-18(14-24)23(27)25(20-7-8-20)15-21-6-4-10-28-21/h4,6,10-13,18,20H,3,5,7-9,14-15H2,1-2H3/t18-/m1/s1. The fraction of sp³-hybridized carbons (Fsp3) is 0.478. The summed E-state index contributed by atoms with van der Waals surface area (Å²) in [4.78, 5) is 30.1. The maximum absolute atomic E-state index is 13.3. The number of aryl methyl sites for hydroxylation is 2.